The van der Waals surface area contributed by atoms with Gasteiger partial charge in [0.1, 0.15) is 0 Å². The van der Waals surface area contributed by atoms with E-state index in [4.69, 9.17) is 5.11 Å². The van der Waals surface area contributed by atoms with E-state index in [2.05, 4.69) is 26.1 Å². The second-order valence-corrected chi connectivity index (χ2v) is 5.01. The van der Waals surface area contributed by atoms with Gasteiger partial charge in [-0.25, -0.2) is 0 Å². The molecule has 2 N–H and O–H groups in total. The molecule has 0 heterocycles. The van der Waals surface area contributed by atoms with Crippen LogP contribution in [0.2, 0.25) is 0 Å². The van der Waals surface area contributed by atoms with E-state index in [1.54, 1.807) is 0 Å². The van der Waals surface area contributed by atoms with Gasteiger partial charge in [-0.15, -0.1) is 0 Å². The molecule has 0 amide bonds. The number of carboxylic acid groups (broad SMARTS) is 1. The minimum Gasteiger partial charge on any atom is -0.481 e. The maximum absolute atomic E-state index is 10.6. The van der Waals surface area contributed by atoms with Crippen LogP contribution >= 0.6 is 0 Å². The Morgan fingerprint density at radius 1 is 1.17 bits per heavy atom. The molecule has 100 valence electrons. The number of carbonyl (C=O) groups is 1. The van der Waals surface area contributed by atoms with Crippen molar-refractivity contribution in [2.75, 3.05) is 0 Å². The van der Waals surface area contributed by atoms with Crippen LogP contribution in [-0.4, -0.2) is 16.6 Å². The van der Waals surface area contributed by atoms with Crippen molar-refractivity contribution in [3.63, 3.8) is 0 Å². The van der Waals surface area contributed by atoms with Gasteiger partial charge in [-0.2, -0.15) is 0 Å². The zero-order valence-electron chi connectivity index (χ0n) is 11.5. The lowest BCUT2D eigenvalue weighted by Gasteiger charge is -2.28. The molecule has 0 aliphatic rings. The zero-order chi connectivity index (χ0) is 13.6. The van der Waals surface area contributed by atoms with Crippen molar-refractivity contribution >= 4 is 5.97 Å². The number of aliphatic carboxylic acids is 1. The molecule has 0 aliphatic carbocycles. The van der Waals surface area contributed by atoms with Crippen LogP contribution < -0.4 is 5.32 Å². The van der Waals surface area contributed by atoms with Crippen molar-refractivity contribution in [3.8, 4) is 0 Å². The van der Waals surface area contributed by atoms with Crippen molar-refractivity contribution in [1.29, 1.82) is 0 Å². The first-order chi connectivity index (χ1) is 8.49. The quantitative estimate of drug-likeness (QED) is 0.781. The van der Waals surface area contributed by atoms with Crippen molar-refractivity contribution in [1.82, 2.24) is 5.32 Å². The Labute approximate surface area is 109 Å². The highest BCUT2D eigenvalue weighted by atomic mass is 16.4. The van der Waals surface area contributed by atoms with E-state index in [1.807, 2.05) is 24.3 Å². The third-order valence-corrected chi connectivity index (χ3v) is 3.66. The smallest absolute Gasteiger partial charge is 0.307 e. The van der Waals surface area contributed by atoms with Crippen molar-refractivity contribution in [2.45, 2.75) is 52.1 Å². The standard InChI is InChI=1S/C15H23NO2/c1-4-15(3,5-2)16-11-13-8-6-12(7-9-13)10-14(17)18/h6-9,16H,4-5,10-11H2,1-3H3,(H,17,18). The van der Waals surface area contributed by atoms with Gasteiger partial charge in [0.25, 0.3) is 0 Å². The fourth-order valence-electron chi connectivity index (χ4n) is 1.77. The lowest BCUT2D eigenvalue weighted by Crippen LogP contribution is -2.40. The van der Waals surface area contributed by atoms with Gasteiger partial charge in [0.15, 0.2) is 0 Å². The van der Waals surface area contributed by atoms with Crippen LogP contribution in [0.15, 0.2) is 24.3 Å². The summed E-state index contributed by atoms with van der Waals surface area (Å²) in [5.41, 5.74) is 2.22. The largest absolute Gasteiger partial charge is 0.481 e. The molecule has 1 aromatic rings. The predicted octanol–water partition coefficient (Wildman–Crippen LogP) is 2.98. The first-order valence-electron chi connectivity index (χ1n) is 6.53. The van der Waals surface area contributed by atoms with E-state index >= 15 is 0 Å². The summed E-state index contributed by atoms with van der Waals surface area (Å²) in [7, 11) is 0. The fourth-order valence-corrected chi connectivity index (χ4v) is 1.77. The summed E-state index contributed by atoms with van der Waals surface area (Å²) in [6.45, 7) is 7.43. The van der Waals surface area contributed by atoms with Crippen LogP contribution in [0, 0.1) is 0 Å². The molecule has 0 radical (unpaired) electrons. The van der Waals surface area contributed by atoms with Crippen molar-refractivity contribution in [2.24, 2.45) is 0 Å². The van der Waals surface area contributed by atoms with E-state index in [9.17, 15) is 4.79 Å². The van der Waals surface area contributed by atoms with Gasteiger partial charge >= 0.3 is 5.97 Å². The summed E-state index contributed by atoms with van der Waals surface area (Å²) in [4.78, 5) is 10.6. The van der Waals surface area contributed by atoms with Gasteiger partial charge in [0, 0.05) is 12.1 Å². The molecular weight excluding hydrogens is 226 g/mol. The van der Waals surface area contributed by atoms with Crippen LogP contribution in [0.3, 0.4) is 0 Å². The van der Waals surface area contributed by atoms with Gasteiger partial charge in [-0.05, 0) is 30.9 Å². The summed E-state index contributed by atoms with van der Waals surface area (Å²) in [5.74, 6) is -0.787. The molecule has 1 rings (SSSR count). The first-order valence-corrected chi connectivity index (χ1v) is 6.53. The molecule has 0 fully saturated rings. The molecule has 0 aromatic heterocycles. The molecule has 1 aromatic carbocycles. The van der Waals surface area contributed by atoms with Crippen LogP contribution in [0.25, 0.3) is 0 Å². The summed E-state index contributed by atoms with van der Waals surface area (Å²) in [5, 5.41) is 12.3. The minimum absolute atomic E-state index is 0.0926. The summed E-state index contributed by atoms with van der Waals surface area (Å²) >= 11 is 0. The Kier molecular flexibility index (Phi) is 5.35. The highest BCUT2D eigenvalue weighted by Gasteiger charge is 2.17. The van der Waals surface area contributed by atoms with Crippen molar-refractivity contribution < 1.29 is 9.90 Å². The number of hydrogen-bond acceptors (Lipinski definition) is 2. The lowest BCUT2D eigenvalue weighted by molar-refractivity contribution is -0.136. The molecule has 18 heavy (non-hydrogen) atoms. The number of rotatable bonds is 7. The van der Waals surface area contributed by atoms with Crippen LogP contribution in [-0.2, 0) is 17.8 Å². The maximum atomic E-state index is 10.6. The van der Waals surface area contributed by atoms with E-state index in [0.717, 1.165) is 24.9 Å². The molecule has 0 unspecified atom stereocenters. The number of benzene rings is 1. The number of hydrogen-bond donors (Lipinski definition) is 2. The molecule has 0 aliphatic heterocycles. The summed E-state index contributed by atoms with van der Waals surface area (Å²) in [6, 6.07) is 7.77. The Balaban J connectivity index is 2.56. The SMILES string of the molecule is CCC(C)(CC)NCc1ccc(CC(=O)O)cc1. The molecular formula is C15H23NO2. The second kappa shape index (κ2) is 6.55. The van der Waals surface area contributed by atoms with Crippen LogP contribution in [0.1, 0.15) is 44.7 Å². The molecule has 0 bridgehead atoms. The highest BCUT2D eigenvalue weighted by Crippen LogP contribution is 2.15. The summed E-state index contributed by atoms with van der Waals surface area (Å²) in [6.07, 6.45) is 2.29. The highest BCUT2D eigenvalue weighted by molar-refractivity contribution is 5.70. The Hall–Kier alpha value is -1.35. The van der Waals surface area contributed by atoms with Gasteiger partial charge < -0.3 is 10.4 Å². The lowest BCUT2D eigenvalue weighted by atomic mass is 9.95. The molecule has 0 saturated heterocycles. The zero-order valence-corrected chi connectivity index (χ0v) is 11.5. The average Bonchev–Trinajstić information content (AvgIpc) is 2.37. The fraction of sp³-hybridized carbons (Fsp3) is 0.533. The van der Waals surface area contributed by atoms with Gasteiger partial charge in [-0.3, -0.25) is 4.79 Å². The molecule has 0 saturated carbocycles. The van der Waals surface area contributed by atoms with E-state index < -0.39 is 5.97 Å². The predicted molar refractivity (Wildman–Crippen MR) is 73.6 cm³/mol. The Morgan fingerprint density at radius 2 is 1.67 bits per heavy atom. The molecule has 3 heteroatoms. The van der Waals surface area contributed by atoms with Gasteiger partial charge in [0.2, 0.25) is 0 Å². The van der Waals surface area contributed by atoms with E-state index in [-0.39, 0.29) is 12.0 Å². The maximum Gasteiger partial charge on any atom is 0.307 e. The molecule has 0 atom stereocenters. The molecule has 3 nitrogen and oxygen atoms in total. The average molecular weight is 249 g/mol. The normalized spacial score (nSPS) is 11.5. The first kappa shape index (κ1) is 14.7. The topological polar surface area (TPSA) is 49.3 Å². The monoisotopic (exact) mass is 249 g/mol. The number of nitrogens with one attached hydrogen (secondary N) is 1. The van der Waals surface area contributed by atoms with Gasteiger partial charge in [-0.1, -0.05) is 38.1 Å². The van der Waals surface area contributed by atoms with Crippen LogP contribution in [0.5, 0.6) is 0 Å². The third-order valence-electron chi connectivity index (χ3n) is 3.66. The number of carboxylic acids is 1. The third kappa shape index (κ3) is 4.49. The van der Waals surface area contributed by atoms with E-state index in [1.165, 1.54) is 5.56 Å². The summed E-state index contributed by atoms with van der Waals surface area (Å²) < 4.78 is 0. The van der Waals surface area contributed by atoms with Crippen LogP contribution in [0.4, 0.5) is 0 Å². The molecule has 0 spiro atoms. The van der Waals surface area contributed by atoms with Gasteiger partial charge in [0.05, 0.1) is 6.42 Å². The van der Waals surface area contributed by atoms with E-state index in [0.29, 0.717) is 0 Å². The Morgan fingerprint density at radius 3 is 2.11 bits per heavy atom. The Bertz CT molecular complexity index is 380. The van der Waals surface area contributed by atoms with Crippen molar-refractivity contribution in [3.05, 3.63) is 35.4 Å². The minimum atomic E-state index is -0.787. The second-order valence-electron chi connectivity index (χ2n) is 5.01.